The van der Waals surface area contributed by atoms with Crippen molar-refractivity contribution in [2.75, 3.05) is 6.61 Å². The number of carbonyl (C=O) groups excluding carboxylic acids is 2. The third-order valence-electron chi connectivity index (χ3n) is 3.60. The molecule has 2 aromatic carbocycles. The number of ether oxygens (including phenoxy) is 1. The number of benzene rings is 2. The Labute approximate surface area is 164 Å². The number of carbonyl (C=O) groups is 2. The van der Waals surface area contributed by atoms with E-state index in [1.807, 2.05) is 37.3 Å². The van der Waals surface area contributed by atoms with Crippen LogP contribution >= 0.6 is 12.2 Å². The van der Waals surface area contributed by atoms with Gasteiger partial charge in [0.2, 0.25) is 5.91 Å². The zero-order chi connectivity index (χ0) is 19.5. The van der Waals surface area contributed by atoms with Gasteiger partial charge in [0.25, 0.3) is 5.91 Å². The molecule has 3 N–H and O–H groups in total. The Morgan fingerprint density at radius 2 is 1.81 bits per heavy atom. The summed E-state index contributed by atoms with van der Waals surface area (Å²) in [4.78, 5) is 24.1. The lowest BCUT2D eigenvalue weighted by atomic mass is 10.1. The maximum absolute atomic E-state index is 12.2. The Morgan fingerprint density at radius 1 is 1.04 bits per heavy atom. The number of hydrogen-bond acceptors (Lipinski definition) is 4. The van der Waals surface area contributed by atoms with E-state index in [9.17, 15) is 9.59 Å². The molecule has 0 atom stereocenters. The number of thiocarbonyl (C=S) groups is 1. The molecule has 0 aliphatic rings. The Balaban J connectivity index is 1.74. The molecule has 0 heterocycles. The summed E-state index contributed by atoms with van der Waals surface area (Å²) in [7, 11) is 0. The molecular formula is C20H23N3O3S. The topological polar surface area (TPSA) is 79.5 Å². The summed E-state index contributed by atoms with van der Waals surface area (Å²) < 4.78 is 5.51. The van der Waals surface area contributed by atoms with E-state index in [4.69, 9.17) is 17.0 Å². The van der Waals surface area contributed by atoms with Crippen LogP contribution in [-0.2, 0) is 11.2 Å². The smallest absolute Gasteiger partial charge is 0.257 e. The average Bonchev–Trinajstić information content (AvgIpc) is 2.70. The van der Waals surface area contributed by atoms with Crippen LogP contribution in [-0.4, -0.2) is 23.5 Å². The second-order valence-corrected chi connectivity index (χ2v) is 6.23. The van der Waals surface area contributed by atoms with E-state index in [0.29, 0.717) is 30.8 Å². The Kier molecular flexibility index (Phi) is 8.25. The van der Waals surface area contributed by atoms with Gasteiger partial charge in [-0.15, -0.1) is 0 Å². The predicted octanol–water partition coefficient (Wildman–Crippen LogP) is 2.74. The van der Waals surface area contributed by atoms with Gasteiger partial charge in [-0.2, -0.15) is 0 Å². The fraction of sp³-hybridized carbons (Fsp3) is 0.250. The van der Waals surface area contributed by atoms with Crippen molar-refractivity contribution in [1.29, 1.82) is 0 Å². The van der Waals surface area contributed by atoms with Crippen LogP contribution in [0.15, 0.2) is 54.6 Å². The molecule has 0 fully saturated rings. The van der Waals surface area contributed by atoms with Gasteiger partial charge in [0.15, 0.2) is 5.11 Å². The van der Waals surface area contributed by atoms with Crippen molar-refractivity contribution in [2.45, 2.75) is 26.2 Å². The molecule has 2 aromatic rings. The molecule has 6 nitrogen and oxygen atoms in total. The zero-order valence-corrected chi connectivity index (χ0v) is 16.0. The number of nitrogens with one attached hydrogen (secondary N) is 3. The summed E-state index contributed by atoms with van der Waals surface area (Å²) in [6, 6.07) is 16.5. The van der Waals surface area contributed by atoms with Crippen molar-refractivity contribution < 1.29 is 14.3 Å². The molecule has 0 unspecified atom stereocenters. The normalized spacial score (nSPS) is 9.96. The number of hydrogen-bond donors (Lipinski definition) is 3. The van der Waals surface area contributed by atoms with Gasteiger partial charge in [0.05, 0.1) is 6.61 Å². The van der Waals surface area contributed by atoms with E-state index in [1.54, 1.807) is 24.3 Å². The first-order chi connectivity index (χ1) is 13.1. The molecule has 0 bridgehead atoms. The van der Waals surface area contributed by atoms with Crippen molar-refractivity contribution >= 4 is 29.1 Å². The SMILES string of the molecule is CCCOc1cccc(C(=O)NC(=S)NNC(=O)CCc2ccccc2)c1. The van der Waals surface area contributed by atoms with Gasteiger partial charge in [-0.3, -0.25) is 25.8 Å². The Morgan fingerprint density at radius 3 is 2.56 bits per heavy atom. The molecule has 0 spiro atoms. The summed E-state index contributed by atoms with van der Waals surface area (Å²) in [5, 5.41) is 2.54. The Bertz CT molecular complexity index is 781. The summed E-state index contributed by atoms with van der Waals surface area (Å²) in [6.45, 7) is 2.59. The Hall–Kier alpha value is -2.93. The maximum Gasteiger partial charge on any atom is 0.257 e. The third kappa shape index (κ3) is 7.45. The van der Waals surface area contributed by atoms with Gasteiger partial charge >= 0.3 is 0 Å². The highest BCUT2D eigenvalue weighted by Crippen LogP contribution is 2.13. The molecular weight excluding hydrogens is 362 g/mol. The first-order valence-corrected chi connectivity index (χ1v) is 9.16. The fourth-order valence-electron chi connectivity index (χ4n) is 2.25. The van der Waals surface area contributed by atoms with E-state index < -0.39 is 0 Å². The van der Waals surface area contributed by atoms with Gasteiger partial charge in [0.1, 0.15) is 5.75 Å². The van der Waals surface area contributed by atoms with E-state index in [-0.39, 0.29) is 16.9 Å². The molecule has 27 heavy (non-hydrogen) atoms. The van der Waals surface area contributed by atoms with Crippen LogP contribution in [0.5, 0.6) is 5.75 Å². The quantitative estimate of drug-likeness (QED) is 0.505. The molecule has 7 heteroatoms. The summed E-state index contributed by atoms with van der Waals surface area (Å²) in [6.07, 6.45) is 1.82. The van der Waals surface area contributed by atoms with Crippen molar-refractivity contribution in [3.05, 3.63) is 65.7 Å². The minimum Gasteiger partial charge on any atom is -0.494 e. The van der Waals surface area contributed by atoms with Gasteiger partial charge in [0, 0.05) is 12.0 Å². The number of rotatable bonds is 7. The van der Waals surface area contributed by atoms with Crippen molar-refractivity contribution in [1.82, 2.24) is 16.2 Å². The third-order valence-corrected chi connectivity index (χ3v) is 3.80. The molecule has 0 saturated heterocycles. The summed E-state index contributed by atoms with van der Waals surface area (Å²) in [5.41, 5.74) is 6.51. The van der Waals surface area contributed by atoms with Gasteiger partial charge in [-0.1, -0.05) is 43.3 Å². The standard InChI is InChI=1S/C20H23N3O3S/c1-2-13-26-17-10-6-9-16(14-17)19(25)21-20(27)23-22-18(24)12-11-15-7-4-3-5-8-15/h3-10,14H,2,11-13H2,1H3,(H,22,24)(H2,21,23,25,27). The van der Waals surface area contributed by atoms with Crippen molar-refractivity contribution in [2.24, 2.45) is 0 Å². The van der Waals surface area contributed by atoms with Gasteiger partial charge in [-0.25, -0.2) is 0 Å². The molecule has 0 aromatic heterocycles. The molecule has 2 amide bonds. The first kappa shape index (κ1) is 20.4. The zero-order valence-electron chi connectivity index (χ0n) is 15.2. The van der Waals surface area contributed by atoms with E-state index in [2.05, 4.69) is 16.2 Å². The molecule has 142 valence electrons. The van der Waals surface area contributed by atoms with Crippen LogP contribution in [0, 0.1) is 0 Å². The summed E-state index contributed by atoms with van der Waals surface area (Å²) >= 11 is 5.04. The molecule has 0 aliphatic heterocycles. The van der Waals surface area contributed by atoms with E-state index in [1.165, 1.54) is 0 Å². The van der Waals surface area contributed by atoms with Crippen LogP contribution in [0.4, 0.5) is 0 Å². The van der Waals surface area contributed by atoms with Crippen LogP contribution in [0.1, 0.15) is 35.7 Å². The molecule has 0 saturated carbocycles. The highest BCUT2D eigenvalue weighted by molar-refractivity contribution is 7.80. The number of hydrazine groups is 1. The monoisotopic (exact) mass is 385 g/mol. The van der Waals surface area contributed by atoms with Crippen LogP contribution in [0.25, 0.3) is 0 Å². The highest BCUT2D eigenvalue weighted by atomic mass is 32.1. The second kappa shape index (κ2) is 10.9. The van der Waals surface area contributed by atoms with Crippen LogP contribution < -0.4 is 20.9 Å². The lowest BCUT2D eigenvalue weighted by Crippen LogP contribution is -2.48. The number of amides is 2. The highest BCUT2D eigenvalue weighted by Gasteiger charge is 2.10. The number of aryl methyl sites for hydroxylation is 1. The summed E-state index contributed by atoms with van der Waals surface area (Å²) in [5.74, 6) is 0.0241. The fourth-order valence-corrected chi connectivity index (χ4v) is 2.39. The largest absolute Gasteiger partial charge is 0.494 e. The molecule has 0 radical (unpaired) electrons. The minimum absolute atomic E-state index is 0.0212. The van der Waals surface area contributed by atoms with E-state index in [0.717, 1.165) is 12.0 Å². The van der Waals surface area contributed by atoms with Crippen molar-refractivity contribution in [3.63, 3.8) is 0 Å². The predicted molar refractivity (Wildman–Crippen MR) is 108 cm³/mol. The maximum atomic E-state index is 12.2. The first-order valence-electron chi connectivity index (χ1n) is 8.75. The molecule has 2 rings (SSSR count). The average molecular weight is 385 g/mol. The minimum atomic E-state index is -0.381. The van der Waals surface area contributed by atoms with Gasteiger partial charge < -0.3 is 4.74 Å². The van der Waals surface area contributed by atoms with Crippen LogP contribution in [0.2, 0.25) is 0 Å². The molecule has 0 aliphatic carbocycles. The lowest BCUT2D eigenvalue weighted by Gasteiger charge is -2.11. The van der Waals surface area contributed by atoms with E-state index >= 15 is 0 Å². The van der Waals surface area contributed by atoms with Gasteiger partial charge in [-0.05, 0) is 48.8 Å². The van der Waals surface area contributed by atoms with Crippen LogP contribution in [0.3, 0.4) is 0 Å². The lowest BCUT2D eigenvalue weighted by molar-refractivity contribution is -0.121. The van der Waals surface area contributed by atoms with Crippen molar-refractivity contribution in [3.8, 4) is 5.75 Å². The second-order valence-electron chi connectivity index (χ2n) is 5.82.